The van der Waals surface area contributed by atoms with Crippen LogP contribution in [0.4, 0.5) is 0 Å². The van der Waals surface area contributed by atoms with E-state index < -0.39 is 0 Å². The van der Waals surface area contributed by atoms with Crippen LogP contribution >= 0.6 is 0 Å². The first-order valence-electron chi connectivity index (χ1n) is 7.86. The molecule has 0 amide bonds. The Balaban J connectivity index is 2.15. The lowest BCUT2D eigenvalue weighted by atomic mass is 9.86. The van der Waals surface area contributed by atoms with Crippen LogP contribution in [-0.4, -0.2) is 39.8 Å². The van der Waals surface area contributed by atoms with E-state index in [1.54, 1.807) is 6.20 Å². The Morgan fingerprint density at radius 2 is 2.15 bits per heavy atom. The van der Waals surface area contributed by atoms with Gasteiger partial charge in [0.1, 0.15) is 0 Å². The molecule has 20 heavy (non-hydrogen) atoms. The van der Waals surface area contributed by atoms with Crippen LogP contribution in [0, 0.1) is 5.92 Å². The van der Waals surface area contributed by atoms with E-state index in [0.717, 1.165) is 25.3 Å². The normalized spacial score (nSPS) is 23.1. The van der Waals surface area contributed by atoms with E-state index in [0.29, 0.717) is 12.0 Å². The molecule has 0 bridgehead atoms. The summed E-state index contributed by atoms with van der Waals surface area (Å²) in [6, 6.07) is 4.62. The lowest BCUT2D eigenvalue weighted by Crippen LogP contribution is -2.64. The quantitative estimate of drug-likeness (QED) is 0.897. The number of nitrogens with one attached hydrogen (secondary N) is 1. The van der Waals surface area contributed by atoms with Gasteiger partial charge in [0.2, 0.25) is 0 Å². The second kappa shape index (κ2) is 6.64. The highest BCUT2D eigenvalue weighted by molar-refractivity contribution is 5.03. The van der Waals surface area contributed by atoms with E-state index in [1.807, 2.05) is 6.07 Å². The second-order valence-electron chi connectivity index (χ2n) is 6.30. The van der Waals surface area contributed by atoms with Crippen molar-refractivity contribution in [1.82, 2.24) is 20.4 Å². The minimum Gasteiger partial charge on any atom is -0.308 e. The van der Waals surface area contributed by atoms with E-state index in [9.17, 15) is 0 Å². The summed E-state index contributed by atoms with van der Waals surface area (Å²) in [6.07, 6.45) is 4.08. The summed E-state index contributed by atoms with van der Waals surface area (Å²) in [6.45, 7) is 12.3. The van der Waals surface area contributed by atoms with Gasteiger partial charge >= 0.3 is 0 Å². The Morgan fingerprint density at radius 3 is 2.70 bits per heavy atom. The van der Waals surface area contributed by atoms with E-state index in [1.165, 1.54) is 12.8 Å². The first-order chi connectivity index (χ1) is 9.60. The number of rotatable bonds is 5. The van der Waals surface area contributed by atoms with Crippen molar-refractivity contribution in [3.8, 4) is 0 Å². The minimum atomic E-state index is 0.258. The molecule has 1 unspecified atom stereocenters. The highest BCUT2D eigenvalue weighted by Gasteiger charge is 2.37. The summed E-state index contributed by atoms with van der Waals surface area (Å²) in [4.78, 5) is 2.60. The molecular weight excluding hydrogens is 248 g/mol. The van der Waals surface area contributed by atoms with Crippen LogP contribution in [0.2, 0.25) is 0 Å². The average Bonchev–Trinajstić information content (AvgIpc) is 2.48. The molecule has 0 aromatic carbocycles. The van der Waals surface area contributed by atoms with Gasteiger partial charge in [0, 0.05) is 37.4 Å². The molecule has 4 heteroatoms. The molecule has 1 atom stereocenters. The fourth-order valence-electron chi connectivity index (χ4n) is 3.19. The lowest BCUT2D eigenvalue weighted by molar-refractivity contribution is 0.0432. The van der Waals surface area contributed by atoms with Gasteiger partial charge in [-0.1, -0.05) is 27.7 Å². The van der Waals surface area contributed by atoms with E-state index in [4.69, 9.17) is 0 Å². The van der Waals surface area contributed by atoms with Gasteiger partial charge in [-0.25, -0.2) is 0 Å². The van der Waals surface area contributed by atoms with Crippen LogP contribution in [0.1, 0.15) is 46.2 Å². The predicted octanol–water partition coefficient (Wildman–Crippen LogP) is 2.47. The van der Waals surface area contributed by atoms with Crippen molar-refractivity contribution in [2.45, 2.75) is 58.7 Å². The maximum absolute atomic E-state index is 4.25. The molecule has 1 N–H and O–H groups in total. The summed E-state index contributed by atoms with van der Waals surface area (Å²) >= 11 is 0. The van der Waals surface area contributed by atoms with Gasteiger partial charge in [0.25, 0.3) is 0 Å². The van der Waals surface area contributed by atoms with Crippen LogP contribution in [0.25, 0.3) is 0 Å². The van der Waals surface area contributed by atoms with E-state index in [2.05, 4.69) is 54.2 Å². The van der Waals surface area contributed by atoms with Crippen LogP contribution < -0.4 is 5.32 Å². The summed E-state index contributed by atoms with van der Waals surface area (Å²) in [5, 5.41) is 12.1. The molecule has 1 saturated heterocycles. The first kappa shape index (κ1) is 15.4. The lowest BCUT2D eigenvalue weighted by Gasteiger charge is -2.48. The van der Waals surface area contributed by atoms with Crippen LogP contribution in [-0.2, 0) is 6.54 Å². The van der Waals surface area contributed by atoms with Crippen molar-refractivity contribution in [3.63, 3.8) is 0 Å². The molecule has 1 aliphatic rings. The van der Waals surface area contributed by atoms with Gasteiger partial charge in [-0.2, -0.15) is 10.2 Å². The third-order valence-electron chi connectivity index (χ3n) is 4.78. The monoisotopic (exact) mass is 276 g/mol. The van der Waals surface area contributed by atoms with E-state index >= 15 is 0 Å². The molecule has 1 aromatic rings. The number of hydrogen-bond acceptors (Lipinski definition) is 4. The fourth-order valence-corrected chi connectivity index (χ4v) is 3.19. The van der Waals surface area contributed by atoms with Crippen molar-refractivity contribution in [2.75, 3.05) is 13.1 Å². The maximum atomic E-state index is 4.25. The summed E-state index contributed by atoms with van der Waals surface area (Å²) in [7, 11) is 0. The number of nitrogens with zero attached hydrogens (tertiary/aromatic N) is 3. The molecule has 0 aliphatic carbocycles. The number of aromatic nitrogens is 2. The molecule has 0 spiro atoms. The zero-order valence-electron chi connectivity index (χ0n) is 13.3. The second-order valence-corrected chi connectivity index (χ2v) is 6.30. The smallest absolute Gasteiger partial charge is 0.0771 e. The summed E-state index contributed by atoms with van der Waals surface area (Å²) in [5.74, 6) is 0.644. The highest BCUT2D eigenvalue weighted by atomic mass is 15.3. The van der Waals surface area contributed by atoms with Gasteiger partial charge in [-0.3, -0.25) is 4.90 Å². The van der Waals surface area contributed by atoms with Gasteiger partial charge in [0.15, 0.2) is 0 Å². The topological polar surface area (TPSA) is 41.1 Å². The van der Waals surface area contributed by atoms with Crippen LogP contribution in [0.5, 0.6) is 0 Å². The van der Waals surface area contributed by atoms with Crippen LogP contribution in [0.3, 0.4) is 0 Å². The number of hydrogen-bond donors (Lipinski definition) is 1. The molecule has 2 heterocycles. The minimum absolute atomic E-state index is 0.258. The number of piperazine rings is 1. The molecule has 112 valence electrons. The molecule has 1 aromatic heterocycles. The van der Waals surface area contributed by atoms with Crippen molar-refractivity contribution in [3.05, 3.63) is 24.0 Å². The predicted molar refractivity (Wildman–Crippen MR) is 82.4 cm³/mol. The van der Waals surface area contributed by atoms with Crippen LogP contribution in [0.15, 0.2) is 18.3 Å². The molecule has 0 radical (unpaired) electrons. The zero-order chi connectivity index (χ0) is 14.6. The maximum Gasteiger partial charge on any atom is 0.0771 e. The van der Waals surface area contributed by atoms with Crippen molar-refractivity contribution in [2.24, 2.45) is 5.92 Å². The molecule has 1 fully saturated rings. The average molecular weight is 276 g/mol. The summed E-state index contributed by atoms with van der Waals surface area (Å²) in [5.41, 5.74) is 1.33. The SMILES string of the molecule is CCC1(CC)CN(Cc2cccnn2)C(C(C)C)CN1. The zero-order valence-corrected chi connectivity index (χ0v) is 13.3. The van der Waals surface area contributed by atoms with Gasteiger partial charge in [-0.15, -0.1) is 0 Å². The summed E-state index contributed by atoms with van der Waals surface area (Å²) < 4.78 is 0. The Bertz CT molecular complexity index is 400. The van der Waals surface area contributed by atoms with Crippen molar-refractivity contribution in [1.29, 1.82) is 0 Å². The Morgan fingerprint density at radius 1 is 1.40 bits per heavy atom. The first-order valence-corrected chi connectivity index (χ1v) is 7.86. The Kier molecular flexibility index (Phi) is 5.11. The molecule has 1 aliphatic heterocycles. The van der Waals surface area contributed by atoms with Crippen molar-refractivity contribution < 1.29 is 0 Å². The standard InChI is InChI=1S/C16H28N4/c1-5-16(6-2)12-20(15(10-17-16)13(3)4)11-14-8-7-9-18-19-14/h7-9,13,15,17H,5-6,10-12H2,1-4H3. The molecule has 0 saturated carbocycles. The molecular formula is C16H28N4. The molecule has 4 nitrogen and oxygen atoms in total. The van der Waals surface area contributed by atoms with Gasteiger partial charge in [0.05, 0.1) is 5.69 Å². The van der Waals surface area contributed by atoms with Gasteiger partial charge < -0.3 is 5.32 Å². The fraction of sp³-hybridized carbons (Fsp3) is 0.750. The van der Waals surface area contributed by atoms with Gasteiger partial charge in [-0.05, 0) is 30.9 Å². The van der Waals surface area contributed by atoms with E-state index in [-0.39, 0.29) is 5.54 Å². The highest BCUT2D eigenvalue weighted by Crippen LogP contribution is 2.26. The largest absolute Gasteiger partial charge is 0.308 e. The van der Waals surface area contributed by atoms with Crippen molar-refractivity contribution >= 4 is 0 Å². The third kappa shape index (κ3) is 3.36. The molecule has 2 rings (SSSR count). The Hall–Kier alpha value is -1.00. The Labute approximate surface area is 123 Å². The third-order valence-corrected chi connectivity index (χ3v) is 4.78.